The third-order valence-electron chi connectivity index (χ3n) is 3.52. The Hall–Kier alpha value is -1.81. The van der Waals surface area contributed by atoms with Crippen molar-refractivity contribution in [2.75, 3.05) is 0 Å². The second kappa shape index (κ2) is 4.94. The molecule has 0 aliphatic heterocycles. The molecule has 3 aromatic rings. The van der Waals surface area contributed by atoms with Crippen molar-refractivity contribution in [2.45, 2.75) is 13.5 Å². The lowest BCUT2D eigenvalue weighted by Crippen LogP contribution is -2.22. The van der Waals surface area contributed by atoms with E-state index in [4.69, 9.17) is 0 Å². The van der Waals surface area contributed by atoms with Gasteiger partial charge in [-0.3, -0.25) is 9.13 Å². The first kappa shape index (κ1) is 13.2. The first-order valence-corrected chi connectivity index (χ1v) is 7.26. The SMILES string of the molecule is Cc1cc(Br)c2c(c1)n(C)c(=O)n2Cc1ccccc1. The summed E-state index contributed by atoms with van der Waals surface area (Å²) in [5.74, 6) is 0. The number of hydrogen-bond acceptors (Lipinski definition) is 1. The normalized spacial score (nSPS) is 11.2. The van der Waals surface area contributed by atoms with Gasteiger partial charge in [0.25, 0.3) is 0 Å². The molecule has 0 saturated carbocycles. The van der Waals surface area contributed by atoms with Crippen LogP contribution in [0, 0.1) is 6.92 Å². The van der Waals surface area contributed by atoms with E-state index in [1.807, 2.05) is 61.0 Å². The maximum Gasteiger partial charge on any atom is 0.329 e. The van der Waals surface area contributed by atoms with Crippen LogP contribution < -0.4 is 5.69 Å². The van der Waals surface area contributed by atoms with Gasteiger partial charge >= 0.3 is 5.69 Å². The maximum atomic E-state index is 12.5. The van der Waals surface area contributed by atoms with Crippen LogP contribution in [0.4, 0.5) is 0 Å². The first-order chi connectivity index (χ1) is 9.58. The van der Waals surface area contributed by atoms with Crippen LogP contribution in [0.3, 0.4) is 0 Å². The van der Waals surface area contributed by atoms with Crippen molar-refractivity contribution in [2.24, 2.45) is 7.05 Å². The zero-order valence-corrected chi connectivity index (χ0v) is 13.0. The predicted molar refractivity (Wildman–Crippen MR) is 85.2 cm³/mol. The van der Waals surface area contributed by atoms with Crippen LogP contribution in [0.5, 0.6) is 0 Å². The minimum atomic E-state index is 0.00940. The number of fused-ring (bicyclic) bond motifs is 1. The molecule has 0 bridgehead atoms. The molecule has 3 rings (SSSR count). The average Bonchev–Trinajstić information content (AvgIpc) is 2.65. The van der Waals surface area contributed by atoms with E-state index in [0.717, 1.165) is 26.6 Å². The average molecular weight is 331 g/mol. The van der Waals surface area contributed by atoms with Crippen LogP contribution in [-0.4, -0.2) is 9.13 Å². The van der Waals surface area contributed by atoms with Crippen molar-refractivity contribution >= 4 is 27.0 Å². The topological polar surface area (TPSA) is 26.9 Å². The highest BCUT2D eigenvalue weighted by Crippen LogP contribution is 2.25. The number of imidazole rings is 1. The highest BCUT2D eigenvalue weighted by Gasteiger charge is 2.14. The molecule has 0 spiro atoms. The monoisotopic (exact) mass is 330 g/mol. The fourth-order valence-electron chi connectivity index (χ4n) is 2.53. The molecule has 102 valence electrons. The summed E-state index contributed by atoms with van der Waals surface area (Å²) in [6.45, 7) is 2.61. The molecule has 0 saturated heterocycles. The molecule has 0 fully saturated rings. The van der Waals surface area contributed by atoms with Crippen LogP contribution in [0.25, 0.3) is 11.0 Å². The lowest BCUT2D eigenvalue weighted by Gasteiger charge is -2.05. The highest BCUT2D eigenvalue weighted by atomic mass is 79.9. The van der Waals surface area contributed by atoms with Gasteiger partial charge in [0, 0.05) is 11.5 Å². The molecule has 1 heterocycles. The summed E-state index contributed by atoms with van der Waals surface area (Å²) in [6.07, 6.45) is 0. The van der Waals surface area contributed by atoms with Crippen molar-refractivity contribution in [3.8, 4) is 0 Å². The number of nitrogens with zero attached hydrogens (tertiary/aromatic N) is 2. The van der Waals surface area contributed by atoms with Gasteiger partial charge in [0.05, 0.1) is 17.6 Å². The molecule has 0 unspecified atom stereocenters. The summed E-state index contributed by atoms with van der Waals surface area (Å²) in [7, 11) is 1.82. The third kappa shape index (κ3) is 2.10. The lowest BCUT2D eigenvalue weighted by molar-refractivity contribution is 0.735. The second-order valence-corrected chi connectivity index (χ2v) is 5.88. The van der Waals surface area contributed by atoms with E-state index < -0.39 is 0 Å². The second-order valence-electron chi connectivity index (χ2n) is 5.03. The van der Waals surface area contributed by atoms with Gasteiger partial charge in [-0.05, 0) is 46.1 Å². The summed E-state index contributed by atoms with van der Waals surface area (Å²) >= 11 is 3.59. The molecule has 0 radical (unpaired) electrons. The Kier molecular flexibility index (Phi) is 3.26. The maximum absolute atomic E-state index is 12.5. The lowest BCUT2D eigenvalue weighted by atomic mass is 10.2. The number of aryl methyl sites for hydroxylation is 2. The number of rotatable bonds is 2. The van der Waals surface area contributed by atoms with Crippen LogP contribution in [0.15, 0.2) is 51.7 Å². The minimum Gasteiger partial charge on any atom is -0.295 e. The summed E-state index contributed by atoms with van der Waals surface area (Å²) in [5.41, 5.74) is 4.17. The number of benzene rings is 2. The zero-order valence-electron chi connectivity index (χ0n) is 11.4. The predicted octanol–water partition coefficient (Wildman–Crippen LogP) is 3.46. The molecule has 1 aromatic heterocycles. The third-order valence-corrected chi connectivity index (χ3v) is 4.12. The number of halogens is 1. The molecule has 0 aliphatic carbocycles. The van der Waals surface area contributed by atoms with Gasteiger partial charge in [-0.2, -0.15) is 0 Å². The molecular weight excluding hydrogens is 316 g/mol. The molecule has 0 atom stereocenters. The summed E-state index contributed by atoms with van der Waals surface area (Å²) in [6, 6.07) is 14.1. The van der Waals surface area contributed by atoms with E-state index in [0.29, 0.717) is 6.54 Å². The quantitative estimate of drug-likeness (QED) is 0.706. The van der Waals surface area contributed by atoms with E-state index in [9.17, 15) is 4.79 Å². The van der Waals surface area contributed by atoms with Crippen LogP contribution >= 0.6 is 15.9 Å². The van der Waals surface area contributed by atoms with Gasteiger partial charge in [-0.25, -0.2) is 4.79 Å². The van der Waals surface area contributed by atoms with Gasteiger partial charge in [0.15, 0.2) is 0 Å². The van der Waals surface area contributed by atoms with E-state index >= 15 is 0 Å². The highest BCUT2D eigenvalue weighted by molar-refractivity contribution is 9.10. The summed E-state index contributed by atoms with van der Waals surface area (Å²) in [4.78, 5) is 12.5. The number of aromatic nitrogens is 2. The standard InChI is InChI=1S/C16H15BrN2O/c1-11-8-13(17)15-14(9-11)18(2)16(20)19(15)10-12-6-4-3-5-7-12/h3-9H,10H2,1-2H3. The van der Waals surface area contributed by atoms with Gasteiger partial charge in [0.2, 0.25) is 0 Å². The van der Waals surface area contributed by atoms with E-state index in [1.54, 1.807) is 4.57 Å². The summed E-state index contributed by atoms with van der Waals surface area (Å²) < 4.78 is 4.48. The van der Waals surface area contributed by atoms with Crippen molar-refractivity contribution < 1.29 is 0 Å². The number of hydrogen-bond donors (Lipinski definition) is 0. The zero-order chi connectivity index (χ0) is 14.3. The van der Waals surface area contributed by atoms with E-state index in [-0.39, 0.29) is 5.69 Å². The molecule has 3 nitrogen and oxygen atoms in total. The van der Waals surface area contributed by atoms with Crippen LogP contribution in [-0.2, 0) is 13.6 Å². The van der Waals surface area contributed by atoms with Gasteiger partial charge in [-0.1, -0.05) is 30.3 Å². The van der Waals surface area contributed by atoms with E-state index in [1.165, 1.54) is 0 Å². The smallest absolute Gasteiger partial charge is 0.295 e. The van der Waals surface area contributed by atoms with Crippen LogP contribution in [0.2, 0.25) is 0 Å². The summed E-state index contributed by atoms with van der Waals surface area (Å²) in [5, 5.41) is 0. The molecule has 2 aromatic carbocycles. The van der Waals surface area contributed by atoms with Crippen molar-refractivity contribution in [3.63, 3.8) is 0 Å². The fraction of sp³-hybridized carbons (Fsp3) is 0.188. The molecule has 0 aliphatic rings. The Morgan fingerprint density at radius 3 is 2.55 bits per heavy atom. The van der Waals surface area contributed by atoms with Gasteiger partial charge in [-0.15, -0.1) is 0 Å². The van der Waals surface area contributed by atoms with Gasteiger partial charge in [0.1, 0.15) is 0 Å². The van der Waals surface area contributed by atoms with Gasteiger partial charge < -0.3 is 0 Å². The van der Waals surface area contributed by atoms with E-state index in [2.05, 4.69) is 15.9 Å². The Bertz CT molecular complexity index is 831. The Morgan fingerprint density at radius 2 is 1.85 bits per heavy atom. The van der Waals surface area contributed by atoms with Crippen LogP contribution in [0.1, 0.15) is 11.1 Å². The first-order valence-electron chi connectivity index (χ1n) is 6.47. The van der Waals surface area contributed by atoms with Crippen molar-refractivity contribution in [3.05, 3.63) is 68.5 Å². The largest absolute Gasteiger partial charge is 0.329 e. The Morgan fingerprint density at radius 1 is 1.15 bits per heavy atom. The molecule has 20 heavy (non-hydrogen) atoms. The minimum absolute atomic E-state index is 0.00940. The van der Waals surface area contributed by atoms with Crippen molar-refractivity contribution in [1.82, 2.24) is 9.13 Å². The molecule has 0 N–H and O–H groups in total. The van der Waals surface area contributed by atoms with Crippen molar-refractivity contribution in [1.29, 1.82) is 0 Å². The molecule has 0 amide bonds. The Balaban J connectivity index is 2.26. The molecular formula is C16H15BrN2O. The Labute approximate surface area is 125 Å². The fourth-order valence-corrected chi connectivity index (χ4v) is 3.31. The molecule has 4 heteroatoms.